The van der Waals surface area contributed by atoms with E-state index in [-0.39, 0.29) is 5.92 Å². The zero-order chi connectivity index (χ0) is 13.4. The van der Waals surface area contributed by atoms with Gasteiger partial charge in [-0.3, -0.25) is 4.79 Å². The van der Waals surface area contributed by atoms with Gasteiger partial charge in [-0.15, -0.1) is 0 Å². The zero-order valence-corrected chi connectivity index (χ0v) is 10.9. The summed E-state index contributed by atoms with van der Waals surface area (Å²) in [5.74, 6) is -1.27. The number of carbonyl (C=O) groups is 2. The lowest BCUT2D eigenvalue weighted by Crippen LogP contribution is -2.32. The van der Waals surface area contributed by atoms with Crippen molar-refractivity contribution in [1.82, 2.24) is 0 Å². The molecule has 0 N–H and O–H groups in total. The summed E-state index contributed by atoms with van der Waals surface area (Å²) < 4.78 is 4.41. The molecule has 0 aliphatic rings. The summed E-state index contributed by atoms with van der Waals surface area (Å²) in [7, 11) is 1.15. The summed E-state index contributed by atoms with van der Waals surface area (Å²) >= 11 is 0. The highest BCUT2D eigenvalue weighted by atomic mass is 16.5. The molecule has 5 heteroatoms. The van der Waals surface area contributed by atoms with Crippen LogP contribution in [-0.2, 0) is 14.3 Å². The van der Waals surface area contributed by atoms with Crippen LogP contribution in [0.1, 0.15) is 40.0 Å². The molecule has 96 valence electrons. The van der Waals surface area contributed by atoms with Gasteiger partial charge >= 0.3 is 11.7 Å². The molecule has 0 bridgehead atoms. The fraction of sp³-hybridized carbons (Fsp3) is 0.750. The predicted molar refractivity (Wildman–Crippen MR) is 63.5 cm³/mol. The molecule has 0 saturated carbocycles. The Morgan fingerprint density at radius 3 is 2.29 bits per heavy atom. The Morgan fingerprint density at radius 2 is 1.94 bits per heavy atom. The van der Waals surface area contributed by atoms with E-state index in [9.17, 15) is 9.59 Å². The Kier molecular flexibility index (Phi) is 7.06. The van der Waals surface area contributed by atoms with Crippen LogP contribution < -0.4 is 0 Å². The van der Waals surface area contributed by atoms with Crippen molar-refractivity contribution >= 4 is 17.5 Å². The van der Waals surface area contributed by atoms with Gasteiger partial charge in [0.15, 0.2) is 0 Å². The molecule has 0 heterocycles. The lowest BCUT2D eigenvalue weighted by Gasteiger charge is -2.14. The Bertz CT molecular complexity index is 331. The summed E-state index contributed by atoms with van der Waals surface area (Å²) in [4.78, 5) is 26.0. The van der Waals surface area contributed by atoms with Gasteiger partial charge in [0, 0.05) is 5.92 Å². The van der Waals surface area contributed by atoms with E-state index < -0.39 is 17.5 Å². The van der Waals surface area contributed by atoms with Crippen molar-refractivity contribution < 1.29 is 19.1 Å². The maximum absolute atomic E-state index is 12.0. The monoisotopic (exact) mass is 240 g/mol. The summed E-state index contributed by atoms with van der Waals surface area (Å²) in [5, 5.41) is 0. The van der Waals surface area contributed by atoms with Gasteiger partial charge in [-0.1, -0.05) is 27.2 Å². The average Bonchev–Trinajstić information content (AvgIpc) is 2.28. The first kappa shape index (κ1) is 15.5. The molecular weight excluding hydrogens is 220 g/mol. The predicted octanol–water partition coefficient (Wildman–Crippen LogP) is 1.86. The van der Waals surface area contributed by atoms with Crippen molar-refractivity contribution in [2.45, 2.75) is 40.0 Å². The number of nitrogens with zero attached hydrogens (tertiary/aromatic N) is 2. The zero-order valence-electron chi connectivity index (χ0n) is 10.9. The maximum Gasteiger partial charge on any atom is 0.441 e. The molecule has 0 fully saturated rings. The van der Waals surface area contributed by atoms with Gasteiger partial charge in [0.2, 0.25) is 0 Å². The van der Waals surface area contributed by atoms with Crippen molar-refractivity contribution in [3.05, 3.63) is 5.53 Å². The summed E-state index contributed by atoms with van der Waals surface area (Å²) in [6.45, 7) is 5.97. The second-order valence-electron chi connectivity index (χ2n) is 4.42. The van der Waals surface area contributed by atoms with E-state index in [2.05, 4.69) is 9.53 Å². The molecule has 0 amide bonds. The first-order valence-corrected chi connectivity index (χ1v) is 5.82. The summed E-state index contributed by atoms with van der Waals surface area (Å²) in [5.41, 5.74) is 8.21. The number of Topliss-reactive ketones (excluding diaryl/α,β-unsaturated/α-hetero) is 1. The maximum atomic E-state index is 12.0. The van der Waals surface area contributed by atoms with Gasteiger partial charge in [-0.05, 0) is 18.8 Å². The molecule has 0 spiro atoms. The number of ether oxygens (including phenoxy) is 1. The molecular formula is C12H20N2O3. The standard InChI is InChI=1S/C12H20N2O3/c1-5-6-9(7-8(2)3)11(15)10(14-13)12(16)17-4/h8-9H,5-7H2,1-4H3. The second kappa shape index (κ2) is 7.74. The highest BCUT2D eigenvalue weighted by molar-refractivity contribution is 6.62. The second-order valence-corrected chi connectivity index (χ2v) is 4.42. The van der Waals surface area contributed by atoms with Crippen molar-refractivity contribution in [1.29, 1.82) is 0 Å². The van der Waals surface area contributed by atoms with E-state index in [0.717, 1.165) is 13.5 Å². The lowest BCUT2D eigenvalue weighted by atomic mass is 9.87. The Labute approximate surface area is 102 Å². The molecule has 5 nitrogen and oxygen atoms in total. The first-order valence-electron chi connectivity index (χ1n) is 5.82. The van der Waals surface area contributed by atoms with E-state index in [0.29, 0.717) is 18.8 Å². The number of esters is 1. The molecule has 0 radical (unpaired) electrons. The van der Waals surface area contributed by atoms with Crippen LogP contribution in [0.5, 0.6) is 0 Å². The molecule has 1 atom stereocenters. The van der Waals surface area contributed by atoms with Crippen LogP contribution in [-0.4, -0.2) is 29.4 Å². The van der Waals surface area contributed by atoms with E-state index in [1.165, 1.54) is 0 Å². The van der Waals surface area contributed by atoms with E-state index in [4.69, 9.17) is 5.53 Å². The van der Waals surface area contributed by atoms with Crippen molar-refractivity contribution in [3.63, 3.8) is 0 Å². The minimum absolute atomic E-state index is 0.287. The molecule has 0 aromatic rings. The van der Waals surface area contributed by atoms with Gasteiger partial charge in [-0.25, -0.2) is 4.79 Å². The summed E-state index contributed by atoms with van der Waals surface area (Å²) in [6.07, 6.45) is 2.18. The number of hydrogen-bond acceptors (Lipinski definition) is 3. The number of carbonyl (C=O) groups excluding carboxylic acids is 2. The Morgan fingerprint density at radius 1 is 1.35 bits per heavy atom. The van der Waals surface area contributed by atoms with Crippen LogP contribution in [0.25, 0.3) is 5.53 Å². The van der Waals surface area contributed by atoms with E-state index in [1.54, 1.807) is 0 Å². The molecule has 0 aromatic heterocycles. The normalized spacial score (nSPS) is 11.8. The van der Waals surface area contributed by atoms with Crippen LogP contribution >= 0.6 is 0 Å². The molecule has 0 aliphatic carbocycles. The van der Waals surface area contributed by atoms with Gasteiger partial charge in [-0.2, -0.15) is 4.79 Å². The number of hydrogen-bond donors (Lipinski definition) is 0. The highest BCUT2D eigenvalue weighted by Crippen LogP contribution is 2.18. The Hall–Kier alpha value is -1.48. The van der Waals surface area contributed by atoms with Gasteiger partial charge in [0.25, 0.3) is 5.78 Å². The molecule has 0 rings (SSSR count). The third-order valence-corrected chi connectivity index (χ3v) is 2.48. The summed E-state index contributed by atoms with van der Waals surface area (Å²) in [6, 6.07) is 0. The molecule has 17 heavy (non-hydrogen) atoms. The third kappa shape index (κ3) is 4.91. The number of methoxy groups -OCH3 is 1. The Balaban J connectivity index is 4.92. The molecule has 0 aliphatic heterocycles. The first-order chi connectivity index (χ1) is 7.97. The van der Waals surface area contributed by atoms with Crippen LogP contribution in [0, 0.1) is 11.8 Å². The fourth-order valence-corrected chi connectivity index (χ4v) is 1.75. The quantitative estimate of drug-likeness (QED) is 0.224. The van der Waals surface area contributed by atoms with E-state index >= 15 is 0 Å². The molecule has 0 saturated heterocycles. The number of ketones is 1. The topological polar surface area (TPSA) is 79.8 Å². The smallest absolute Gasteiger partial charge is 0.441 e. The van der Waals surface area contributed by atoms with Crippen LogP contribution in [0.15, 0.2) is 0 Å². The van der Waals surface area contributed by atoms with Crippen molar-refractivity contribution in [2.75, 3.05) is 7.11 Å². The fourth-order valence-electron chi connectivity index (χ4n) is 1.75. The third-order valence-electron chi connectivity index (χ3n) is 2.48. The van der Waals surface area contributed by atoms with Gasteiger partial charge in [0.1, 0.15) is 0 Å². The highest BCUT2D eigenvalue weighted by Gasteiger charge is 2.36. The van der Waals surface area contributed by atoms with Crippen LogP contribution in [0.4, 0.5) is 0 Å². The van der Waals surface area contributed by atoms with Crippen LogP contribution in [0.3, 0.4) is 0 Å². The minimum Gasteiger partial charge on any atom is -0.460 e. The minimum atomic E-state index is -0.887. The average molecular weight is 240 g/mol. The lowest BCUT2D eigenvalue weighted by molar-refractivity contribution is -0.140. The van der Waals surface area contributed by atoms with Gasteiger partial charge in [0.05, 0.1) is 7.11 Å². The SMILES string of the molecule is CCCC(CC(C)C)C(=O)C(=[N+]=[N-])C(=O)OC. The van der Waals surface area contributed by atoms with Gasteiger partial charge < -0.3 is 10.3 Å². The molecule has 0 aromatic carbocycles. The largest absolute Gasteiger partial charge is 0.460 e. The van der Waals surface area contributed by atoms with Crippen molar-refractivity contribution in [3.8, 4) is 0 Å². The molecule has 1 unspecified atom stereocenters. The number of rotatable bonds is 7. The van der Waals surface area contributed by atoms with Crippen molar-refractivity contribution in [2.24, 2.45) is 11.8 Å². The van der Waals surface area contributed by atoms with Crippen LogP contribution in [0.2, 0.25) is 0 Å². The van der Waals surface area contributed by atoms with E-state index in [1.807, 2.05) is 20.8 Å².